The van der Waals surface area contributed by atoms with E-state index in [0.717, 1.165) is 35.6 Å². The quantitative estimate of drug-likeness (QED) is 0.442. The lowest BCUT2D eigenvalue weighted by molar-refractivity contribution is 0.218. The number of aromatic nitrogens is 6. The fraction of sp³-hybridized carbons (Fsp3) is 0.524. The highest BCUT2D eigenvalue weighted by Gasteiger charge is 2.32. The largest absolute Gasteiger partial charge is 0.260 e. The van der Waals surface area contributed by atoms with Crippen LogP contribution in [-0.4, -0.2) is 29.4 Å². The summed E-state index contributed by atoms with van der Waals surface area (Å²) in [5.41, 5.74) is 2.67. The Morgan fingerprint density at radius 3 is 2.86 bits per heavy atom. The molecule has 0 aliphatic heterocycles. The summed E-state index contributed by atoms with van der Waals surface area (Å²) in [7, 11) is 0. The lowest BCUT2D eigenvalue weighted by Crippen LogP contribution is -2.26. The van der Waals surface area contributed by atoms with Crippen molar-refractivity contribution in [2.24, 2.45) is 11.3 Å². The molecule has 0 aromatic carbocycles. The molecular weight excluding hydrogens is 404 g/mol. The van der Waals surface area contributed by atoms with Crippen LogP contribution in [0.2, 0.25) is 5.02 Å². The van der Waals surface area contributed by atoms with Crippen LogP contribution in [0.1, 0.15) is 62.8 Å². The van der Waals surface area contributed by atoms with Gasteiger partial charge in [0.2, 0.25) is 0 Å². The van der Waals surface area contributed by atoms with Crippen molar-refractivity contribution in [2.45, 2.75) is 59.4 Å². The first-order valence-corrected chi connectivity index (χ1v) is 11.4. The number of aryl methyl sites for hydroxylation is 1. The summed E-state index contributed by atoms with van der Waals surface area (Å²) >= 11 is 7.91. The van der Waals surface area contributed by atoms with Crippen molar-refractivity contribution < 1.29 is 0 Å². The maximum Gasteiger partial charge on any atom is 0.176 e. The molecule has 29 heavy (non-hydrogen) atoms. The minimum absolute atomic E-state index is 0.0443. The molecule has 5 rings (SSSR count). The van der Waals surface area contributed by atoms with E-state index in [1.54, 1.807) is 12.5 Å². The van der Waals surface area contributed by atoms with Gasteiger partial charge in [-0.3, -0.25) is 4.68 Å². The van der Waals surface area contributed by atoms with Crippen molar-refractivity contribution in [1.82, 2.24) is 29.4 Å². The summed E-state index contributed by atoms with van der Waals surface area (Å²) < 4.78 is 3.67. The maximum atomic E-state index is 6.08. The van der Waals surface area contributed by atoms with E-state index < -0.39 is 0 Å². The second-order valence-corrected chi connectivity index (χ2v) is 10.6. The molecule has 0 saturated carbocycles. The molecule has 0 amide bonds. The Bertz CT molecular complexity index is 1200. The minimum Gasteiger partial charge on any atom is -0.260 e. The van der Waals surface area contributed by atoms with Crippen molar-refractivity contribution in [3.8, 4) is 0 Å². The molecule has 0 N–H and O–H groups in total. The molecule has 6 nitrogen and oxygen atoms in total. The van der Waals surface area contributed by atoms with Crippen LogP contribution in [-0.2, 0) is 12.8 Å². The van der Waals surface area contributed by atoms with Crippen LogP contribution < -0.4 is 0 Å². The van der Waals surface area contributed by atoms with Gasteiger partial charge in [0.25, 0.3) is 0 Å². The van der Waals surface area contributed by atoms with Crippen LogP contribution in [0.15, 0.2) is 18.7 Å². The first-order valence-electron chi connectivity index (χ1n) is 10.2. The molecule has 0 bridgehead atoms. The summed E-state index contributed by atoms with van der Waals surface area (Å²) in [6.45, 7) is 9.16. The zero-order valence-electron chi connectivity index (χ0n) is 17.2. The zero-order valence-corrected chi connectivity index (χ0v) is 18.8. The van der Waals surface area contributed by atoms with Crippen LogP contribution in [0.25, 0.3) is 15.9 Å². The Morgan fingerprint density at radius 1 is 1.34 bits per heavy atom. The smallest absolute Gasteiger partial charge is 0.176 e. The summed E-state index contributed by atoms with van der Waals surface area (Å²) in [5.74, 6) is 1.46. The third-order valence-corrected chi connectivity index (χ3v) is 7.56. The Hall–Kier alpha value is -1.99. The van der Waals surface area contributed by atoms with E-state index in [1.165, 1.54) is 22.2 Å². The average Bonchev–Trinajstić information content (AvgIpc) is 3.36. The number of halogens is 1. The molecule has 152 valence electrons. The van der Waals surface area contributed by atoms with Crippen LogP contribution in [0.5, 0.6) is 0 Å². The molecule has 0 spiro atoms. The Balaban J connectivity index is 1.62. The standard InChI is InChI=1S/C21H25ClN6S/c1-5-15(27-10-13(22)9-24-27)18-25-19-17-14-7-6-12(21(2,3)4)8-16(14)29-20(17)23-11-28(19)26-18/h9-12,15H,5-8H2,1-4H3. The summed E-state index contributed by atoms with van der Waals surface area (Å²) in [4.78, 5) is 12.2. The van der Waals surface area contributed by atoms with Crippen molar-refractivity contribution in [1.29, 1.82) is 0 Å². The molecule has 4 aromatic heterocycles. The van der Waals surface area contributed by atoms with Gasteiger partial charge in [-0.1, -0.05) is 39.3 Å². The summed E-state index contributed by atoms with van der Waals surface area (Å²) in [5, 5.41) is 10.9. The number of nitrogens with zero attached hydrogens (tertiary/aromatic N) is 6. The van der Waals surface area contributed by atoms with Gasteiger partial charge in [-0.2, -0.15) is 5.10 Å². The van der Waals surface area contributed by atoms with E-state index in [1.807, 2.05) is 26.7 Å². The third kappa shape index (κ3) is 3.15. The maximum absolute atomic E-state index is 6.08. The third-order valence-electron chi connectivity index (χ3n) is 6.20. The fourth-order valence-corrected chi connectivity index (χ4v) is 5.85. The molecule has 8 heteroatoms. The van der Waals surface area contributed by atoms with E-state index in [0.29, 0.717) is 16.4 Å². The molecule has 1 aliphatic rings. The van der Waals surface area contributed by atoms with E-state index >= 15 is 0 Å². The van der Waals surface area contributed by atoms with Gasteiger partial charge in [-0.25, -0.2) is 14.5 Å². The monoisotopic (exact) mass is 428 g/mol. The highest BCUT2D eigenvalue weighted by Crippen LogP contribution is 2.43. The van der Waals surface area contributed by atoms with Gasteiger partial charge in [0.05, 0.1) is 16.6 Å². The average molecular weight is 429 g/mol. The van der Waals surface area contributed by atoms with E-state index in [-0.39, 0.29) is 6.04 Å². The van der Waals surface area contributed by atoms with Gasteiger partial charge < -0.3 is 0 Å². The van der Waals surface area contributed by atoms with Crippen molar-refractivity contribution in [2.75, 3.05) is 0 Å². The molecule has 0 saturated heterocycles. The molecule has 1 aliphatic carbocycles. The van der Waals surface area contributed by atoms with Crippen LogP contribution in [0, 0.1) is 11.3 Å². The second-order valence-electron chi connectivity index (χ2n) is 9.04. The van der Waals surface area contributed by atoms with Gasteiger partial charge in [0.15, 0.2) is 11.5 Å². The van der Waals surface area contributed by atoms with E-state index in [9.17, 15) is 0 Å². The normalized spacial score (nSPS) is 18.4. The first kappa shape index (κ1) is 19.0. The highest BCUT2D eigenvalue weighted by molar-refractivity contribution is 7.19. The molecule has 2 atom stereocenters. The van der Waals surface area contributed by atoms with Gasteiger partial charge in [0, 0.05) is 11.1 Å². The van der Waals surface area contributed by atoms with Gasteiger partial charge >= 0.3 is 0 Å². The van der Waals surface area contributed by atoms with Gasteiger partial charge in [0.1, 0.15) is 17.2 Å². The lowest BCUT2D eigenvalue weighted by atomic mass is 9.72. The number of rotatable bonds is 3. The highest BCUT2D eigenvalue weighted by atomic mass is 35.5. The second kappa shape index (κ2) is 6.77. The van der Waals surface area contributed by atoms with Gasteiger partial charge in [-0.15, -0.1) is 16.4 Å². The van der Waals surface area contributed by atoms with Crippen LogP contribution in [0.4, 0.5) is 0 Å². The van der Waals surface area contributed by atoms with Crippen molar-refractivity contribution >= 4 is 38.8 Å². The number of hydrogen-bond acceptors (Lipinski definition) is 5. The summed E-state index contributed by atoms with van der Waals surface area (Å²) in [6, 6.07) is -0.0443. The molecule has 0 fully saturated rings. The van der Waals surface area contributed by atoms with Crippen LogP contribution in [0.3, 0.4) is 0 Å². The molecule has 4 aromatic rings. The van der Waals surface area contributed by atoms with Crippen molar-refractivity contribution in [3.63, 3.8) is 0 Å². The predicted molar refractivity (Wildman–Crippen MR) is 117 cm³/mol. The minimum atomic E-state index is -0.0443. The Kier molecular flexibility index (Phi) is 4.44. The fourth-order valence-electron chi connectivity index (χ4n) is 4.44. The topological polar surface area (TPSA) is 60.9 Å². The molecule has 4 heterocycles. The van der Waals surface area contributed by atoms with E-state index in [2.05, 4.69) is 32.8 Å². The van der Waals surface area contributed by atoms with Crippen LogP contribution >= 0.6 is 22.9 Å². The number of fused-ring (bicyclic) bond motifs is 5. The Labute approximate surface area is 178 Å². The molecular formula is C21H25ClN6S. The van der Waals surface area contributed by atoms with Gasteiger partial charge in [-0.05, 0) is 42.6 Å². The Morgan fingerprint density at radius 2 is 2.17 bits per heavy atom. The molecule has 0 radical (unpaired) electrons. The zero-order chi connectivity index (χ0) is 20.3. The SMILES string of the molecule is CCC(c1nc2c3c4c(sc3ncn2n1)CC(C(C)(C)C)CC4)n1cc(Cl)cn1. The lowest BCUT2D eigenvalue weighted by Gasteiger charge is -2.33. The number of thiophene rings is 1. The summed E-state index contributed by atoms with van der Waals surface area (Å²) in [6.07, 6.45) is 9.55. The number of hydrogen-bond donors (Lipinski definition) is 0. The first-order chi connectivity index (χ1) is 13.8. The molecule has 2 unspecified atom stereocenters. The predicted octanol–water partition coefficient (Wildman–Crippen LogP) is 5.34. The van der Waals surface area contributed by atoms with E-state index in [4.69, 9.17) is 26.7 Å². The van der Waals surface area contributed by atoms with Crippen molar-refractivity contribution in [3.05, 3.63) is 40.0 Å².